The SMILES string of the molecule is Cc1ccc(S(=O)(=O)N(CC(=O)N/N=C\c2cccc3c2OCCO3)c2ccc(C)c(Cl)c2)cc1. The Balaban J connectivity index is 1.57. The first kappa shape index (κ1) is 24.6. The highest BCUT2D eigenvalue weighted by molar-refractivity contribution is 7.92. The zero-order valence-corrected chi connectivity index (χ0v) is 20.8. The maximum absolute atomic E-state index is 13.5. The molecule has 0 saturated carbocycles. The number of para-hydroxylation sites is 1. The molecule has 0 saturated heterocycles. The van der Waals surface area contributed by atoms with Crippen LogP contribution in [0, 0.1) is 13.8 Å². The second-order valence-corrected chi connectivity index (χ2v) is 10.2. The molecule has 182 valence electrons. The van der Waals surface area contributed by atoms with Gasteiger partial charge in [0, 0.05) is 10.6 Å². The number of fused-ring (bicyclic) bond motifs is 1. The maximum atomic E-state index is 13.5. The molecule has 0 fully saturated rings. The molecule has 0 atom stereocenters. The molecule has 3 aromatic rings. The van der Waals surface area contributed by atoms with Gasteiger partial charge >= 0.3 is 0 Å². The first-order valence-corrected chi connectivity index (χ1v) is 12.6. The molecule has 0 spiro atoms. The smallest absolute Gasteiger partial charge is 0.264 e. The molecule has 0 unspecified atom stereocenters. The van der Waals surface area contributed by atoms with Gasteiger partial charge in [0.1, 0.15) is 19.8 Å². The molecule has 1 aliphatic heterocycles. The van der Waals surface area contributed by atoms with E-state index in [1.807, 2.05) is 13.8 Å². The first-order chi connectivity index (χ1) is 16.8. The number of hydrogen-bond acceptors (Lipinski definition) is 6. The van der Waals surface area contributed by atoms with Crippen molar-refractivity contribution in [3.8, 4) is 11.5 Å². The normalized spacial score (nSPS) is 13.0. The Labute approximate surface area is 209 Å². The number of hydrazone groups is 1. The molecule has 0 aliphatic carbocycles. The number of rotatable bonds is 7. The molecule has 1 amide bonds. The van der Waals surface area contributed by atoms with Crippen molar-refractivity contribution in [2.75, 3.05) is 24.1 Å². The number of nitrogens with zero attached hydrogens (tertiary/aromatic N) is 2. The average Bonchev–Trinajstić information content (AvgIpc) is 2.85. The van der Waals surface area contributed by atoms with Gasteiger partial charge in [-0.1, -0.05) is 41.4 Å². The van der Waals surface area contributed by atoms with Crippen molar-refractivity contribution in [3.05, 3.63) is 82.4 Å². The van der Waals surface area contributed by atoms with Crippen LogP contribution in [0.1, 0.15) is 16.7 Å². The third-order valence-electron chi connectivity index (χ3n) is 5.33. The number of carbonyl (C=O) groups excluding carboxylic acids is 1. The van der Waals surface area contributed by atoms with Crippen molar-refractivity contribution in [3.63, 3.8) is 0 Å². The summed E-state index contributed by atoms with van der Waals surface area (Å²) < 4.78 is 39.1. The summed E-state index contributed by atoms with van der Waals surface area (Å²) in [5.41, 5.74) is 4.98. The molecular formula is C25H24ClN3O5S. The third kappa shape index (κ3) is 5.58. The second kappa shape index (κ2) is 10.4. The molecule has 1 heterocycles. The highest BCUT2D eigenvalue weighted by atomic mass is 35.5. The second-order valence-electron chi connectivity index (χ2n) is 7.92. The number of sulfonamides is 1. The fourth-order valence-electron chi connectivity index (χ4n) is 3.43. The predicted molar refractivity (Wildman–Crippen MR) is 135 cm³/mol. The van der Waals surface area contributed by atoms with Crippen LogP contribution < -0.4 is 19.2 Å². The van der Waals surface area contributed by atoms with Crippen LogP contribution in [-0.2, 0) is 14.8 Å². The van der Waals surface area contributed by atoms with Crippen molar-refractivity contribution >= 4 is 39.4 Å². The summed E-state index contributed by atoms with van der Waals surface area (Å²) in [6.45, 7) is 4.04. The van der Waals surface area contributed by atoms with E-state index in [4.69, 9.17) is 21.1 Å². The minimum absolute atomic E-state index is 0.0594. The van der Waals surface area contributed by atoms with Crippen LogP contribution in [0.2, 0.25) is 5.02 Å². The van der Waals surface area contributed by atoms with E-state index in [9.17, 15) is 13.2 Å². The number of benzene rings is 3. The standard InChI is InChI=1S/C25H24ClN3O5S/c1-17-6-10-21(11-7-17)35(31,32)29(20-9-8-18(2)22(26)14-20)16-24(30)28-27-15-19-4-3-5-23-25(19)34-13-12-33-23/h3-11,14-15H,12-13,16H2,1-2H3,(H,28,30)/b27-15-. The fraction of sp³-hybridized carbons (Fsp3) is 0.200. The summed E-state index contributed by atoms with van der Waals surface area (Å²) in [5.74, 6) is 0.503. The molecule has 10 heteroatoms. The van der Waals surface area contributed by atoms with Crippen LogP contribution in [0.5, 0.6) is 11.5 Å². The fourth-order valence-corrected chi connectivity index (χ4v) is 5.01. The number of ether oxygens (including phenoxy) is 2. The van der Waals surface area contributed by atoms with E-state index in [1.54, 1.807) is 42.5 Å². The minimum Gasteiger partial charge on any atom is -0.486 e. The summed E-state index contributed by atoms with van der Waals surface area (Å²) >= 11 is 6.25. The lowest BCUT2D eigenvalue weighted by Crippen LogP contribution is -2.39. The quantitative estimate of drug-likeness (QED) is 0.379. The summed E-state index contributed by atoms with van der Waals surface area (Å²) in [6.07, 6.45) is 1.42. The van der Waals surface area contributed by atoms with Gasteiger partial charge in [-0.05, 0) is 55.8 Å². The summed E-state index contributed by atoms with van der Waals surface area (Å²) in [4.78, 5) is 12.8. The number of amides is 1. The van der Waals surface area contributed by atoms with Gasteiger partial charge in [0.15, 0.2) is 11.5 Å². The highest BCUT2D eigenvalue weighted by Crippen LogP contribution is 2.32. The van der Waals surface area contributed by atoms with Gasteiger partial charge in [0.05, 0.1) is 16.8 Å². The lowest BCUT2D eigenvalue weighted by Gasteiger charge is -2.24. The van der Waals surface area contributed by atoms with E-state index in [0.29, 0.717) is 35.3 Å². The van der Waals surface area contributed by atoms with Crippen molar-refractivity contribution < 1.29 is 22.7 Å². The largest absolute Gasteiger partial charge is 0.486 e. The zero-order valence-electron chi connectivity index (χ0n) is 19.2. The van der Waals surface area contributed by atoms with Crippen LogP contribution >= 0.6 is 11.6 Å². The Morgan fingerprint density at radius 1 is 1.09 bits per heavy atom. The van der Waals surface area contributed by atoms with Crippen LogP contribution in [0.3, 0.4) is 0 Å². The van der Waals surface area contributed by atoms with Gasteiger partial charge in [0.2, 0.25) is 0 Å². The van der Waals surface area contributed by atoms with Crippen LogP contribution in [0.25, 0.3) is 0 Å². The summed E-state index contributed by atoms with van der Waals surface area (Å²) in [6, 6.07) is 16.6. The summed E-state index contributed by atoms with van der Waals surface area (Å²) in [7, 11) is -4.06. The first-order valence-electron chi connectivity index (χ1n) is 10.8. The Kier molecular flexibility index (Phi) is 7.28. The number of carbonyl (C=O) groups is 1. The molecule has 0 aromatic heterocycles. The Hall–Kier alpha value is -3.56. The minimum atomic E-state index is -4.06. The van der Waals surface area contributed by atoms with Crippen molar-refractivity contribution in [2.24, 2.45) is 5.10 Å². The molecule has 4 rings (SSSR count). The van der Waals surface area contributed by atoms with Crippen LogP contribution in [-0.4, -0.2) is 40.3 Å². The van der Waals surface area contributed by atoms with E-state index in [1.165, 1.54) is 24.4 Å². The number of nitrogens with one attached hydrogen (secondary N) is 1. The number of anilines is 1. The lowest BCUT2D eigenvalue weighted by molar-refractivity contribution is -0.119. The molecule has 3 aromatic carbocycles. The zero-order chi connectivity index (χ0) is 25.0. The number of aryl methyl sites for hydroxylation is 2. The average molecular weight is 514 g/mol. The van der Waals surface area contributed by atoms with E-state index in [0.717, 1.165) is 15.4 Å². The Morgan fingerprint density at radius 2 is 1.83 bits per heavy atom. The van der Waals surface area contributed by atoms with Crippen molar-refractivity contribution in [1.29, 1.82) is 0 Å². The van der Waals surface area contributed by atoms with E-state index in [-0.39, 0.29) is 10.6 Å². The van der Waals surface area contributed by atoms with Gasteiger partial charge in [-0.3, -0.25) is 9.10 Å². The molecule has 8 nitrogen and oxygen atoms in total. The van der Waals surface area contributed by atoms with E-state index in [2.05, 4.69) is 10.5 Å². The van der Waals surface area contributed by atoms with E-state index < -0.39 is 22.5 Å². The Morgan fingerprint density at radius 3 is 2.57 bits per heavy atom. The maximum Gasteiger partial charge on any atom is 0.264 e. The van der Waals surface area contributed by atoms with E-state index >= 15 is 0 Å². The topological polar surface area (TPSA) is 97.3 Å². The monoisotopic (exact) mass is 513 g/mol. The van der Waals surface area contributed by atoms with Crippen molar-refractivity contribution in [2.45, 2.75) is 18.7 Å². The molecule has 1 aliphatic rings. The highest BCUT2D eigenvalue weighted by Gasteiger charge is 2.27. The van der Waals surface area contributed by atoms with Crippen LogP contribution in [0.4, 0.5) is 5.69 Å². The third-order valence-corrected chi connectivity index (χ3v) is 7.52. The Bertz CT molecular complexity index is 1370. The molecule has 0 bridgehead atoms. The molecular weight excluding hydrogens is 490 g/mol. The van der Waals surface area contributed by atoms with Crippen molar-refractivity contribution in [1.82, 2.24) is 5.43 Å². The van der Waals surface area contributed by atoms with Gasteiger partial charge < -0.3 is 9.47 Å². The van der Waals surface area contributed by atoms with Gasteiger partial charge in [-0.2, -0.15) is 5.10 Å². The van der Waals surface area contributed by atoms with Crippen LogP contribution in [0.15, 0.2) is 70.7 Å². The summed E-state index contributed by atoms with van der Waals surface area (Å²) in [5, 5.41) is 4.38. The molecule has 35 heavy (non-hydrogen) atoms. The molecule has 1 N–H and O–H groups in total. The lowest BCUT2D eigenvalue weighted by atomic mass is 10.2. The predicted octanol–water partition coefficient (Wildman–Crippen LogP) is 4.07. The van der Waals surface area contributed by atoms with Gasteiger partial charge in [0.25, 0.3) is 15.9 Å². The number of hydrogen-bond donors (Lipinski definition) is 1. The van der Waals surface area contributed by atoms with Gasteiger partial charge in [-0.25, -0.2) is 13.8 Å². The number of halogens is 1. The van der Waals surface area contributed by atoms with Gasteiger partial charge in [-0.15, -0.1) is 0 Å². The molecule has 0 radical (unpaired) electrons.